The van der Waals surface area contributed by atoms with Crippen LogP contribution < -0.4 is 10.1 Å². The Morgan fingerprint density at radius 1 is 1.09 bits per heavy atom. The maximum absolute atomic E-state index is 11.8. The topological polar surface area (TPSA) is 75.6 Å². The monoisotopic (exact) mass is 331 g/mol. The highest BCUT2D eigenvalue weighted by atomic mass is 35.5. The number of carbonyl (C=O) groups is 2. The number of aliphatic carboxylic acids is 1. The Hall–Kier alpha value is -2.79. The van der Waals surface area contributed by atoms with Crippen molar-refractivity contribution in [3.05, 3.63) is 65.2 Å². The summed E-state index contributed by atoms with van der Waals surface area (Å²) in [6.45, 7) is -0.132. The van der Waals surface area contributed by atoms with Crippen LogP contribution in [0.2, 0.25) is 5.02 Å². The van der Waals surface area contributed by atoms with Crippen molar-refractivity contribution in [1.29, 1.82) is 0 Å². The second-order valence-corrected chi connectivity index (χ2v) is 5.02. The third-order valence-corrected chi connectivity index (χ3v) is 3.05. The van der Waals surface area contributed by atoms with Crippen molar-refractivity contribution >= 4 is 35.2 Å². The van der Waals surface area contributed by atoms with Crippen LogP contribution in [0.15, 0.2) is 54.6 Å². The molecular weight excluding hydrogens is 318 g/mol. The predicted molar refractivity (Wildman–Crippen MR) is 88.7 cm³/mol. The lowest BCUT2D eigenvalue weighted by Gasteiger charge is -2.07. The zero-order valence-corrected chi connectivity index (χ0v) is 12.8. The summed E-state index contributed by atoms with van der Waals surface area (Å²) in [7, 11) is 0. The molecule has 0 unspecified atom stereocenters. The minimum absolute atomic E-state index is 0.132. The smallest absolute Gasteiger partial charge is 0.328 e. The molecular formula is C17H14ClNO4. The van der Waals surface area contributed by atoms with Gasteiger partial charge in [-0.1, -0.05) is 23.7 Å². The molecule has 2 aromatic carbocycles. The van der Waals surface area contributed by atoms with Crippen LogP contribution in [0.4, 0.5) is 5.69 Å². The summed E-state index contributed by atoms with van der Waals surface area (Å²) in [6.07, 6.45) is 2.52. The number of anilines is 1. The largest absolute Gasteiger partial charge is 0.484 e. The molecule has 118 valence electrons. The summed E-state index contributed by atoms with van der Waals surface area (Å²) in [5.41, 5.74) is 1.36. The van der Waals surface area contributed by atoms with Gasteiger partial charge < -0.3 is 15.2 Å². The second-order valence-electron chi connectivity index (χ2n) is 4.58. The lowest BCUT2D eigenvalue weighted by atomic mass is 10.2. The maximum Gasteiger partial charge on any atom is 0.328 e. The molecule has 5 nitrogen and oxygen atoms in total. The summed E-state index contributed by atoms with van der Waals surface area (Å²) in [6, 6.07) is 13.5. The van der Waals surface area contributed by atoms with Crippen LogP contribution in [0.3, 0.4) is 0 Å². The van der Waals surface area contributed by atoms with Crippen LogP contribution in [0.1, 0.15) is 5.56 Å². The van der Waals surface area contributed by atoms with Crippen LogP contribution in [0.25, 0.3) is 6.08 Å². The van der Waals surface area contributed by atoms with E-state index in [9.17, 15) is 9.59 Å². The number of carboxylic acid groups (broad SMARTS) is 1. The first-order valence-corrected chi connectivity index (χ1v) is 7.10. The summed E-state index contributed by atoms with van der Waals surface area (Å²) >= 11 is 5.77. The van der Waals surface area contributed by atoms with Gasteiger partial charge in [-0.15, -0.1) is 0 Å². The lowest BCUT2D eigenvalue weighted by Crippen LogP contribution is -2.20. The van der Waals surface area contributed by atoms with Gasteiger partial charge in [-0.2, -0.15) is 0 Å². The van der Waals surface area contributed by atoms with E-state index in [1.165, 1.54) is 6.08 Å². The van der Waals surface area contributed by atoms with E-state index in [0.717, 1.165) is 11.6 Å². The second kappa shape index (κ2) is 8.00. The first kappa shape index (κ1) is 16.6. The van der Waals surface area contributed by atoms with Gasteiger partial charge in [-0.05, 0) is 48.0 Å². The van der Waals surface area contributed by atoms with Gasteiger partial charge in [0.05, 0.1) is 0 Å². The molecule has 0 atom stereocenters. The number of nitrogens with one attached hydrogen (secondary N) is 1. The van der Waals surface area contributed by atoms with Gasteiger partial charge in [0.25, 0.3) is 5.91 Å². The molecule has 23 heavy (non-hydrogen) atoms. The third kappa shape index (κ3) is 5.84. The van der Waals surface area contributed by atoms with E-state index in [2.05, 4.69) is 5.32 Å². The van der Waals surface area contributed by atoms with Gasteiger partial charge in [0.1, 0.15) is 5.75 Å². The molecule has 0 aliphatic carbocycles. The normalized spacial score (nSPS) is 10.5. The fraction of sp³-hybridized carbons (Fsp3) is 0.0588. The molecule has 0 saturated heterocycles. The molecule has 0 aliphatic rings. The molecule has 0 spiro atoms. The van der Waals surface area contributed by atoms with Crippen molar-refractivity contribution in [1.82, 2.24) is 0 Å². The predicted octanol–water partition coefficient (Wildman–Crippen LogP) is 3.46. The van der Waals surface area contributed by atoms with Crippen LogP contribution in [0, 0.1) is 0 Å². The number of halogens is 1. The highest BCUT2D eigenvalue weighted by Gasteiger charge is 2.04. The van der Waals surface area contributed by atoms with Crippen molar-refractivity contribution in [2.24, 2.45) is 0 Å². The quantitative estimate of drug-likeness (QED) is 0.795. The van der Waals surface area contributed by atoms with Gasteiger partial charge in [-0.25, -0.2) is 4.79 Å². The van der Waals surface area contributed by atoms with Crippen LogP contribution in [0.5, 0.6) is 5.75 Å². The Morgan fingerprint density at radius 2 is 1.74 bits per heavy atom. The van der Waals surface area contributed by atoms with Crippen molar-refractivity contribution in [2.45, 2.75) is 0 Å². The van der Waals surface area contributed by atoms with E-state index in [-0.39, 0.29) is 12.5 Å². The molecule has 0 saturated carbocycles. The first-order valence-electron chi connectivity index (χ1n) is 6.72. The molecule has 0 aliphatic heterocycles. The average molecular weight is 332 g/mol. The minimum atomic E-state index is -1.01. The molecule has 2 rings (SSSR count). The number of hydrogen-bond donors (Lipinski definition) is 2. The molecule has 1 amide bonds. The number of rotatable bonds is 6. The Kier molecular flexibility index (Phi) is 5.77. The number of carbonyl (C=O) groups excluding carboxylic acids is 1. The third-order valence-electron chi connectivity index (χ3n) is 2.80. The first-order chi connectivity index (χ1) is 11.0. The fourth-order valence-corrected chi connectivity index (χ4v) is 1.85. The summed E-state index contributed by atoms with van der Waals surface area (Å²) in [5, 5.41) is 11.8. The number of amides is 1. The standard InChI is InChI=1S/C17H14ClNO4/c18-13-4-6-14(7-5-13)19-16(20)11-23-15-8-1-12(2-9-15)3-10-17(21)22/h1-10H,11H2,(H,19,20)(H,21,22)/b10-3+. The number of hydrogen-bond acceptors (Lipinski definition) is 3. The molecule has 2 N–H and O–H groups in total. The van der Waals surface area contributed by atoms with Crippen molar-refractivity contribution in [2.75, 3.05) is 11.9 Å². The lowest BCUT2D eigenvalue weighted by molar-refractivity contribution is -0.131. The van der Waals surface area contributed by atoms with Gasteiger partial charge in [0.2, 0.25) is 0 Å². The van der Waals surface area contributed by atoms with Crippen molar-refractivity contribution < 1.29 is 19.4 Å². The highest BCUT2D eigenvalue weighted by molar-refractivity contribution is 6.30. The van der Waals surface area contributed by atoms with Crippen molar-refractivity contribution in [3.63, 3.8) is 0 Å². The summed E-state index contributed by atoms with van der Waals surface area (Å²) in [4.78, 5) is 22.2. The fourth-order valence-electron chi connectivity index (χ4n) is 1.72. The Bertz CT molecular complexity index is 708. The summed E-state index contributed by atoms with van der Waals surface area (Å²) in [5.74, 6) is -0.782. The van der Waals surface area contributed by atoms with Crippen LogP contribution in [-0.2, 0) is 9.59 Å². The van der Waals surface area contributed by atoms with Gasteiger partial charge >= 0.3 is 5.97 Å². The Morgan fingerprint density at radius 3 is 2.35 bits per heavy atom. The Balaban J connectivity index is 1.84. The van der Waals surface area contributed by atoms with Crippen molar-refractivity contribution in [3.8, 4) is 5.75 Å². The van der Waals surface area contributed by atoms with E-state index in [1.807, 2.05) is 0 Å². The number of benzene rings is 2. The maximum atomic E-state index is 11.8. The SMILES string of the molecule is O=C(O)/C=C/c1ccc(OCC(=O)Nc2ccc(Cl)cc2)cc1. The van der Waals surface area contributed by atoms with Crippen LogP contribution in [-0.4, -0.2) is 23.6 Å². The van der Waals surface area contributed by atoms with Gasteiger partial charge in [0, 0.05) is 16.8 Å². The van der Waals surface area contributed by atoms with E-state index < -0.39 is 5.97 Å². The number of carboxylic acids is 1. The molecule has 6 heteroatoms. The highest BCUT2D eigenvalue weighted by Crippen LogP contribution is 2.15. The zero-order valence-electron chi connectivity index (χ0n) is 12.0. The summed E-state index contributed by atoms with van der Waals surface area (Å²) < 4.78 is 5.37. The number of ether oxygens (including phenoxy) is 1. The molecule has 0 bridgehead atoms. The Labute approximate surface area is 138 Å². The molecule has 0 radical (unpaired) electrons. The van der Waals surface area contributed by atoms with E-state index in [1.54, 1.807) is 48.5 Å². The van der Waals surface area contributed by atoms with E-state index in [4.69, 9.17) is 21.4 Å². The molecule has 0 fully saturated rings. The van der Waals surface area contributed by atoms with E-state index >= 15 is 0 Å². The van der Waals surface area contributed by atoms with Crippen LogP contribution >= 0.6 is 11.6 Å². The average Bonchev–Trinajstić information content (AvgIpc) is 2.54. The zero-order chi connectivity index (χ0) is 16.7. The minimum Gasteiger partial charge on any atom is -0.484 e. The molecule has 0 heterocycles. The molecule has 0 aromatic heterocycles. The van der Waals surface area contributed by atoms with Gasteiger partial charge in [0.15, 0.2) is 6.61 Å². The molecule has 2 aromatic rings. The van der Waals surface area contributed by atoms with Gasteiger partial charge in [-0.3, -0.25) is 4.79 Å². The van der Waals surface area contributed by atoms with E-state index in [0.29, 0.717) is 16.5 Å².